The summed E-state index contributed by atoms with van der Waals surface area (Å²) in [6.45, 7) is 21.6. The Hall–Kier alpha value is -0.500. The minimum absolute atomic E-state index is 0.140. The predicted molar refractivity (Wildman–Crippen MR) is 163 cm³/mol. The molecule has 6 aliphatic rings. The Balaban J connectivity index is 1.25. The van der Waals surface area contributed by atoms with Gasteiger partial charge in [-0.2, -0.15) is 0 Å². The average Bonchev–Trinajstić information content (AvgIpc) is 3.28. The Morgan fingerprint density at radius 1 is 0.786 bits per heavy atom. The molecule has 4 N–H and O–H groups in total. The van der Waals surface area contributed by atoms with Crippen molar-refractivity contribution in [2.75, 3.05) is 6.61 Å². The van der Waals surface area contributed by atoms with E-state index in [1.165, 1.54) is 56.9 Å². The maximum Gasteiger partial charge on any atom is 0.186 e. The SMILES string of the molecule is C=C(C)[C@@H]1CC[C@]2(C)CC[C@]3(C)[C@H](CC[C@@H]4[C@@]5(C)CC[C@H](O[C@H]6O[C@H](CO)[C@@H](O)[C@H](O)[C@H]6O)C(C)(C)[C@@H]5CC[C@]43C)[C@@H]12. The van der Waals surface area contributed by atoms with Gasteiger partial charge in [-0.15, -0.1) is 0 Å². The fourth-order valence-corrected chi connectivity index (χ4v) is 13.1. The molecule has 0 amide bonds. The van der Waals surface area contributed by atoms with Crippen LogP contribution in [0.3, 0.4) is 0 Å². The van der Waals surface area contributed by atoms with Crippen molar-refractivity contribution in [1.82, 2.24) is 0 Å². The third-order valence-corrected chi connectivity index (χ3v) is 15.6. The highest BCUT2D eigenvalue weighted by Crippen LogP contribution is 2.77. The summed E-state index contributed by atoms with van der Waals surface area (Å²) in [4.78, 5) is 0. The molecule has 0 aromatic rings. The first-order valence-electron chi connectivity index (χ1n) is 17.2. The van der Waals surface area contributed by atoms with Gasteiger partial charge in [-0.25, -0.2) is 0 Å². The van der Waals surface area contributed by atoms with Crippen LogP contribution in [0.15, 0.2) is 12.2 Å². The van der Waals surface area contributed by atoms with E-state index in [0.717, 1.165) is 24.7 Å². The van der Waals surface area contributed by atoms with E-state index in [-0.39, 0.29) is 16.9 Å². The average molecular weight is 589 g/mol. The largest absolute Gasteiger partial charge is 0.394 e. The smallest absolute Gasteiger partial charge is 0.186 e. The summed E-state index contributed by atoms with van der Waals surface area (Å²) < 4.78 is 12.3. The molecule has 5 saturated carbocycles. The second-order valence-corrected chi connectivity index (χ2v) is 17.5. The number of allylic oxidation sites excluding steroid dienone is 1. The zero-order valence-electron chi connectivity index (χ0n) is 27.4. The second kappa shape index (κ2) is 10.3. The van der Waals surface area contributed by atoms with Crippen LogP contribution in [0, 0.1) is 56.7 Å². The van der Waals surface area contributed by atoms with Crippen LogP contribution >= 0.6 is 0 Å². The number of hydrogen-bond donors (Lipinski definition) is 4. The lowest BCUT2D eigenvalue weighted by molar-refractivity contribution is -0.331. The van der Waals surface area contributed by atoms with Crippen LogP contribution in [0.25, 0.3) is 0 Å². The number of aliphatic hydroxyl groups is 4. The lowest BCUT2D eigenvalue weighted by Gasteiger charge is -2.73. The maximum absolute atomic E-state index is 10.7. The molecule has 15 atom stereocenters. The molecule has 1 saturated heterocycles. The molecule has 0 aromatic carbocycles. The summed E-state index contributed by atoms with van der Waals surface area (Å²) in [7, 11) is 0. The van der Waals surface area contributed by atoms with E-state index in [4.69, 9.17) is 9.47 Å². The van der Waals surface area contributed by atoms with Crippen LogP contribution in [-0.4, -0.2) is 63.8 Å². The van der Waals surface area contributed by atoms with Crippen LogP contribution in [0.5, 0.6) is 0 Å². The Bertz CT molecular complexity index is 1060. The van der Waals surface area contributed by atoms with E-state index in [0.29, 0.717) is 34.0 Å². The first-order chi connectivity index (χ1) is 19.5. The van der Waals surface area contributed by atoms with Crippen LogP contribution in [0.1, 0.15) is 113 Å². The number of ether oxygens (including phenoxy) is 2. The van der Waals surface area contributed by atoms with Gasteiger partial charge >= 0.3 is 0 Å². The standard InChI is InChI=1S/C36H60O6/c1-20(2)21-11-14-33(5)17-18-35(7)22(27(21)33)9-10-25-34(6)15-13-26(32(3,4)24(34)12-16-36(25,35)8)42-31-30(40)29(39)28(38)23(19-37)41-31/h21-31,37-40H,1,9-19H2,2-8H3/t21-,22+,23+,24-,25+,26-,27+,28+,29-,30+,31+,33+,34-,35+,36+/m0/s1. The highest BCUT2D eigenvalue weighted by atomic mass is 16.7. The number of fused-ring (bicyclic) bond motifs is 7. The van der Waals surface area contributed by atoms with Crippen molar-refractivity contribution in [3.8, 4) is 0 Å². The van der Waals surface area contributed by atoms with E-state index in [9.17, 15) is 20.4 Å². The van der Waals surface area contributed by atoms with Crippen LogP contribution in [-0.2, 0) is 9.47 Å². The highest BCUT2D eigenvalue weighted by Gasteiger charge is 2.70. The molecule has 1 heterocycles. The number of aliphatic hydroxyl groups excluding tert-OH is 4. The summed E-state index contributed by atoms with van der Waals surface area (Å²) >= 11 is 0. The van der Waals surface area contributed by atoms with E-state index in [1.54, 1.807) is 0 Å². The molecular formula is C36H60O6. The van der Waals surface area contributed by atoms with Crippen molar-refractivity contribution < 1.29 is 29.9 Å². The minimum Gasteiger partial charge on any atom is -0.394 e. The van der Waals surface area contributed by atoms with Crippen LogP contribution < -0.4 is 0 Å². The normalized spacial score (nSPS) is 57.0. The molecule has 5 aliphatic carbocycles. The zero-order valence-corrected chi connectivity index (χ0v) is 27.4. The van der Waals surface area contributed by atoms with E-state index in [2.05, 4.69) is 55.0 Å². The molecule has 0 spiro atoms. The molecule has 0 bridgehead atoms. The Morgan fingerprint density at radius 3 is 2.17 bits per heavy atom. The molecule has 6 nitrogen and oxygen atoms in total. The molecule has 0 radical (unpaired) electrons. The van der Waals surface area contributed by atoms with Crippen molar-refractivity contribution in [3.05, 3.63) is 12.2 Å². The number of rotatable bonds is 4. The first-order valence-corrected chi connectivity index (χ1v) is 17.2. The molecule has 0 aromatic heterocycles. The molecule has 42 heavy (non-hydrogen) atoms. The van der Waals surface area contributed by atoms with Gasteiger partial charge in [0.05, 0.1) is 12.7 Å². The number of hydrogen-bond acceptors (Lipinski definition) is 6. The van der Waals surface area contributed by atoms with Gasteiger partial charge in [0.2, 0.25) is 0 Å². The summed E-state index contributed by atoms with van der Waals surface area (Å²) in [6, 6.07) is 0. The maximum atomic E-state index is 10.7. The van der Waals surface area contributed by atoms with Gasteiger partial charge in [0.1, 0.15) is 24.4 Å². The van der Waals surface area contributed by atoms with Gasteiger partial charge in [-0.3, -0.25) is 0 Å². The van der Waals surface area contributed by atoms with Crippen molar-refractivity contribution in [2.45, 2.75) is 149 Å². The van der Waals surface area contributed by atoms with Crippen LogP contribution in [0.2, 0.25) is 0 Å². The Labute approximate surface area is 254 Å². The zero-order chi connectivity index (χ0) is 30.6. The third kappa shape index (κ3) is 4.17. The van der Waals surface area contributed by atoms with E-state index < -0.39 is 37.3 Å². The lowest BCUT2D eigenvalue weighted by atomic mass is 9.32. The Kier molecular flexibility index (Phi) is 7.69. The monoisotopic (exact) mass is 588 g/mol. The molecule has 1 aliphatic heterocycles. The van der Waals surface area contributed by atoms with Crippen molar-refractivity contribution in [2.24, 2.45) is 56.7 Å². The lowest BCUT2D eigenvalue weighted by Crippen LogP contribution is -2.67. The quantitative estimate of drug-likeness (QED) is 0.243. The topological polar surface area (TPSA) is 99.4 Å². The summed E-state index contributed by atoms with van der Waals surface area (Å²) in [5.41, 5.74) is 2.61. The summed E-state index contributed by atoms with van der Waals surface area (Å²) in [6.07, 6.45) is 6.16. The second-order valence-electron chi connectivity index (χ2n) is 17.5. The minimum atomic E-state index is -1.41. The fourth-order valence-electron chi connectivity index (χ4n) is 13.1. The van der Waals surface area contributed by atoms with Gasteiger partial charge in [-0.05, 0) is 128 Å². The molecule has 6 heteroatoms. The van der Waals surface area contributed by atoms with Crippen LogP contribution in [0.4, 0.5) is 0 Å². The van der Waals surface area contributed by atoms with E-state index >= 15 is 0 Å². The molecular weight excluding hydrogens is 528 g/mol. The van der Waals surface area contributed by atoms with E-state index in [1.807, 2.05) is 0 Å². The van der Waals surface area contributed by atoms with Gasteiger partial charge in [-0.1, -0.05) is 53.7 Å². The third-order valence-electron chi connectivity index (χ3n) is 15.6. The van der Waals surface area contributed by atoms with Gasteiger partial charge in [0, 0.05) is 0 Å². The molecule has 6 fully saturated rings. The van der Waals surface area contributed by atoms with Gasteiger partial charge in [0.15, 0.2) is 6.29 Å². The van der Waals surface area contributed by atoms with Crippen molar-refractivity contribution in [1.29, 1.82) is 0 Å². The first kappa shape index (κ1) is 31.5. The molecule has 240 valence electrons. The molecule has 0 unspecified atom stereocenters. The van der Waals surface area contributed by atoms with Crippen molar-refractivity contribution >= 4 is 0 Å². The van der Waals surface area contributed by atoms with Crippen molar-refractivity contribution in [3.63, 3.8) is 0 Å². The van der Waals surface area contributed by atoms with Gasteiger partial charge < -0.3 is 29.9 Å². The molecule has 6 rings (SSSR count). The predicted octanol–water partition coefficient (Wildman–Crippen LogP) is 5.85. The van der Waals surface area contributed by atoms with Gasteiger partial charge in [0.25, 0.3) is 0 Å². The highest BCUT2D eigenvalue weighted by molar-refractivity contribution is 5.21. The fraction of sp³-hybridized carbons (Fsp3) is 0.944. The summed E-state index contributed by atoms with van der Waals surface area (Å²) in [5.74, 6) is 3.39. The summed E-state index contributed by atoms with van der Waals surface area (Å²) in [5, 5.41) is 41.0. The Morgan fingerprint density at radius 2 is 1.50 bits per heavy atom.